The molecule has 0 unspecified atom stereocenters. The molecule has 10 heteroatoms. The zero-order valence-electron chi connectivity index (χ0n) is 14.8. The molecule has 3 rings (SSSR count). The quantitative estimate of drug-likeness (QED) is 0.394. The van der Waals surface area contributed by atoms with Crippen LogP contribution in [-0.4, -0.2) is 25.9 Å². The molecular weight excluding hydrogens is 398 g/mol. The third kappa shape index (κ3) is 4.55. The predicted octanol–water partition coefficient (Wildman–Crippen LogP) is 4.30. The van der Waals surface area contributed by atoms with Crippen LogP contribution in [0.4, 0.5) is 16.2 Å². The Labute approximate surface area is 168 Å². The largest absolute Gasteiger partial charge is 0.293 e. The lowest BCUT2D eigenvalue weighted by Crippen LogP contribution is -2.27. The van der Waals surface area contributed by atoms with Crippen molar-refractivity contribution >= 4 is 40.4 Å². The third-order valence-corrected chi connectivity index (χ3v) is 4.93. The summed E-state index contributed by atoms with van der Waals surface area (Å²) in [6.45, 7) is -0.201. The summed E-state index contributed by atoms with van der Waals surface area (Å²) in [7, 11) is 0. The van der Waals surface area contributed by atoms with E-state index in [0.717, 1.165) is 16.7 Å². The van der Waals surface area contributed by atoms with Crippen molar-refractivity contribution in [1.82, 2.24) is 4.90 Å². The summed E-state index contributed by atoms with van der Waals surface area (Å²) >= 11 is 0.728. The van der Waals surface area contributed by atoms with Crippen LogP contribution in [0.5, 0.6) is 0 Å². The number of para-hydroxylation sites is 1. The van der Waals surface area contributed by atoms with Crippen LogP contribution >= 0.6 is 11.8 Å². The van der Waals surface area contributed by atoms with Gasteiger partial charge in [0.25, 0.3) is 22.5 Å². The number of hydrogen-bond donors (Lipinski definition) is 0. The van der Waals surface area contributed by atoms with E-state index in [1.807, 2.05) is 0 Å². The Kier molecular flexibility index (Phi) is 5.84. The molecule has 1 saturated heterocycles. The number of thioether (sulfide) groups is 1. The summed E-state index contributed by atoms with van der Waals surface area (Å²) in [5, 5.41) is 21.4. The molecule has 2 aromatic rings. The number of non-ortho nitro benzene ring substituents is 1. The minimum atomic E-state index is -0.563. The summed E-state index contributed by atoms with van der Waals surface area (Å²) in [5.74, 6) is -0.554. The fraction of sp³-hybridized carbons (Fsp3) is 0.0526. The number of hydrogen-bond acceptors (Lipinski definition) is 7. The first-order valence-electron chi connectivity index (χ1n) is 8.25. The Morgan fingerprint density at radius 2 is 1.76 bits per heavy atom. The van der Waals surface area contributed by atoms with Gasteiger partial charge >= 0.3 is 0 Å². The second-order valence-electron chi connectivity index (χ2n) is 5.89. The van der Waals surface area contributed by atoms with E-state index in [1.54, 1.807) is 24.3 Å². The van der Waals surface area contributed by atoms with Crippen LogP contribution in [0.15, 0.2) is 65.6 Å². The van der Waals surface area contributed by atoms with E-state index in [-0.39, 0.29) is 28.4 Å². The van der Waals surface area contributed by atoms with E-state index >= 15 is 0 Å². The molecule has 0 spiro atoms. The average molecular weight is 411 g/mol. The first kappa shape index (κ1) is 20.0. The fourth-order valence-electron chi connectivity index (χ4n) is 2.63. The minimum absolute atomic E-state index is 0.0584. The number of carbonyl (C=O) groups excluding carboxylic acids is 2. The minimum Gasteiger partial charge on any atom is -0.268 e. The van der Waals surface area contributed by atoms with Gasteiger partial charge in [0.2, 0.25) is 0 Å². The SMILES string of the molecule is O=C1S/C(=C\C=C\c2cccc([N+](=O)[O-])c2)C(=O)N1Cc1ccccc1[N+](=O)[O-]. The van der Waals surface area contributed by atoms with E-state index in [2.05, 4.69) is 0 Å². The summed E-state index contributed by atoms with van der Waals surface area (Å²) in [6.07, 6.45) is 4.52. The van der Waals surface area contributed by atoms with Gasteiger partial charge in [-0.05, 0) is 23.4 Å². The molecule has 0 bridgehead atoms. The van der Waals surface area contributed by atoms with Gasteiger partial charge in [0.15, 0.2) is 0 Å². The molecule has 0 radical (unpaired) electrons. The highest BCUT2D eigenvalue weighted by Gasteiger charge is 2.35. The molecule has 2 amide bonds. The molecule has 0 atom stereocenters. The highest BCUT2D eigenvalue weighted by molar-refractivity contribution is 8.18. The predicted molar refractivity (Wildman–Crippen MR) is 107 cm³/mol. The fourth-order valence-corrected chi connectivity index (χ4v) is 3.42. The average Bonchev–Trinajstić information content (AvgIpc) is 2.96. The summed E-state index contributed by atoms with van der Waals surface area (Å²) in [5.41, 5.74) is 0.598. The Morgan fingerprint density at radius 1 is 1.00 bits per heavy atom. The standard InChI is InChI=1S/C19H13N3O6S/c23-18-17(10-4-6-13-5-3-8-15(11-13)21(25)26)29-19(24)20(18)12-14-7-1-2-9-16(14)22(27)28/h1-11H,12H2/b6-4+,17-10-. The normalized spacial score (nSPS) is 15.4. The Balaban J connectivity index is 1.76. The van der Waals surface area contributed by atoms with Crippen molar-refractivity contribution < 1.29 is 19.4 Å². The van der Waals surface area contributed by atoms with Crippen LogP contribution in [0.2, 0.25) is 0 Å². The van der Waals surface area contributed by atoms with Crippen molar-refractivity contribution in [2.45, 2.75) is 6.54 Å². The lowest BCUT2D eigenvalue weighted by molar-refractivity contribution is -0.385. The second-order valence-corrected chi connectivity index (χ2v) is 6.88. The number of carbonyl (C=O) groups is 2. The third-order valence-electron chi connectivity index (χ3n) is 4.01. The van der Waals surface area contributed by atoms with E-state index in [0.29, 0.717) is 5.56 Å². The molecule has 9 nitrogen and oxygen atoms in total. The van der Waals surface area contributed by atoms with Crippen LogP contribution in [0.25, 0.3) is 6.08 Å². The van der Waals surface area contributed by atoms with E-state index < -0.39 is 21.0 Å². The summed E-state index contributed by atoms with van der Waals surface area (Å²) in [4.78, 5) is 46.7. The molecule has 0 aliphatic carbocycles. The number of allylic oxidation sites excluding steroid dienone is 2. The smallest absolute Gasteiger partial charge is 0.268 e. The lowest BCUT2D eigenvalue weighted by Gasteiger charge is -2.12. The van der Waals surface area contributed by atoms with Gasteiger partial charge in [0.1, 0.15) is 0 Å². The van der Waals surface area contributed by atoms with E-state index in [9.17, 15) is 29.8 Å². The van der Waals surface area contributed by atoms with Gasteiger partial charge in [-0.1, -0.05) is 42.5 Å². The second kappa shape index (κ2) is 8.48. The van der Waals surface area contributed by atoms with Gasteiger partial charge in [-0.3, -0.25) is 34.7 Å². The summed E-state index contributed by atoms with van der Waals surface area (Å²) in [6, 6.07) is 11.9. The molecule has 0 saturated carbocycles. The first-order valence-corrected chi connectivity index (χ1v) is 9.07. The van der Waals surface area contributed by atoms with Crippen LogP contribution in [0.3, 0.4) is 0 Å². The lowest BCUT2D eigenvalue weighted by atomic mass is 10.1. The molecule has 1 fully saturated rings. The van der Waals surface area contributed by atoms with Gasteiger partial charge in [-0.25, -0.2) is 0 Å². The topological polar surface area (TPSA) is 124 Å². The van der Waals surface area contributed by atoms with Crippen molar-refractivity contribution in [3.8, 4) is 0 Å². The Hall–Kier alpha value is -3.79. The number of rotatable bonds is 6. The molecule has 29 heavy (non-hydrogen) atoms. The van der Waals surface area contributed by atoms with Crippen LogP contribution in [0.1, 0.15) is 11.1 Å². The Morgan fingerprint density at radius 3 is 2.48 bits per heavy atom. The van der Waals surface area contributed by atoms with E-state index in [4.69, 9.17) is 0 Å². The van der Waals surface area contributed by atoms with Crippen LogP contribution in [-0.2, 0) is 11.3 Å². The van der Waals surface area contributed by atoms with E-state index in [1.165, 1.54) is 42.5 Å². The molecule has 0 N–H and O–H groups in total. The molecular formula is C19H13N3O6S. The monoisotopic (exact) mass is 411 g/mol. The highest BCUT2D eigenvalue weighted by Crippen LogP contribution is 2.33. The maximum absolute atomic E-state index is 12.5. The Bertz CT molecular complexity index is 1080. The number of nitro groups is 2. The number of amides is 2. The van der Waals surface area contributed by atoms with Crippen molar-refractivity contribution in [1.29, 1.82) is 0 Å². The van der Waals surface area contributed by atoms with Gasteiger partial charge in [0.05, 0.1) is 21.3 Å². The summed E-state index contributed by atoms with van der Waals surface area (Å²) < 4.78 is 0. The van der Waals surface area contributed by atoms with Crippen LogP contribution < -0.4 is 0 Å². The molecule has 0 aromatic heterocycles. The number of benzene rings is 2. The maximum atomic E-state index is 12.5. The highest BCUT2D eigenvalue weighted by atomic mass is 32.2. The number of nitrogens with zero attached hydrogens (tertiary/aromatic N) is 3. The molecule has 146 valence electrons. The molecule has 1 aliphatic heterocycles. The molecule has 1 heterocycles. The van der Waals surface area contributed by atoms with Crippen molar-refractivity contribution in [2.75, 3.05) is 0 Å². The van der Waals surface area contributed by atoms with Crippen LogP contribution in [0, 0.1) is 20.2 Å². The van der Waals surface area contributed by atoms with Gasteiger partial charge in [-0.2, -0.15) is 0 Å². The maximum Gasteiger partial charge on any atom is 0.293 e. The zero-order chi connectivity index (χ0) is 21.0. The van der Waals surface area contributed by atoms with Crippen molar-refractivity contribution in [3.63, 3.8) is 0 Å². The first-order chi connectivity index (χ1) is 13.9. The number of nitro benzene ring substituents is 2. The zero-order valence-corrected chi connectivity index (χ0v) is 15.6. The molecule has 1 aliphatic rings. The molecule has 2 aromatic carbocycles. The van der Waals surface area contributed by atoms with Crippen molar-refractivity contribution in [3.05, 3.63) is 96.9 Å². The van der Waals surface area contributed by atoms with Crippen molar-refractivity contribution in [2.24, 2.45) is 0 Å². The van der Waals surface area contributed by atoms with Gasteiger partial charge < -0.3 is 0 Å². The van der Waals surface area contributed by atoms with Gasteiger partial charge in [-0.15, -0.1) is 0 Å². The van der Waals surface area contributed by atoms with Gasteiger partial charge in [0, 0.05) is 23.8 Å². The number of imide groups is 1.